The Kier molecular flexibility index (Phi) is 7.22. The minimum absolute atomic E-state index is 0.0259. The van der Waals surface area contributed by atoms with Crippen LogP contribution in [-0.2, 0) is 20.7 Å². The fourth-order valence-electron chi connectivity index (χ4n) is 1.86. The summed E-state index contributed by atoms with van der Waals surface area (Å²) in [6.45, 7) is 3.44. The molecule has 0 spiro atoms. The summed E-state index contributed by atoms with van der Waals surface area (Å²) in [7, 11) is 3.13. The monoisotopic (exact) mass is 309 g/mol. The van der Waals surface area contributed by atoms with Crippen LogP contribution in [0.25, 0.3) is 0 Å². The highest BCUT2D eigenvalue weighted by Crippen LogP contribution is 2.27. The van der Waals surface area contributed by atoms with Crippen molar-refractivity contribution in [2.24, 2.45) is 0 Å². The highest BCUT2D eigenvalue weighted by Gasteiger charge is 2.10. The van der Waals surface area contributed by atoms with Gasteiger partial charge in [0.2, 0.25) is 0 Å². The second-order valence-corrected chi connectivity index (χ2v) is 5.07. The molecule has 1 amide bonds. The van der Waals surface area contributed by atoms with E-state index >= 15 is 0 Å². The van der Waals surface area contributed by atoms with Crippen molar-refractivity contribution in [3.63, 3.8) is 0 Å². The lowest BCUT2D eigenvalue weighted by atomic mass is 10.1. The molecular weight excluding hydrogens is 286 g/mol. The van der Waals surface area contributed by atoms with Gasteiger partial charge in [0, 0.05) is 12.5 Å². The molecule has 0 saturated heterocycles. The van der Waals surface area contributed by atoms with Crippen LogP contribution in [0.3, 0.4) is 0 Å². The third kappa shape index (κ3) is 6.03. The molecule has 0 fully saturated rings. The summed E-state index contributed by atoms with van der Waals surface area (Å²) in [6.07, 6.45) is 0.704. The van der Waals surface area contributed by atoms with Crippen molar-refractivity contribution in [2.45, 2.75) is 32.7 Å². The summed E-state index contributed by atoms with van der Waals surface area (Å²) in [4.78, 5) is 23.0. The average molecular weight is 309 g/mol. The first-order chi connectivity index (χ1) is 10.5. The number of hydrogen-bond acceptors (Lipinski definition) is 5. The minimum atomic E-state index is -0.409. The van der Waals surface area contributed by atoms with E-state index in [1.54, 1.807) is 20.3 Å². The van der Waals surface area contributed by atoms with Crippen LogP contribution < -0.4 is 14.8 Å². The van der Waals surface area contributed by atoms with E-state index in [-0.39, 0.29) is 25.0 Å². The first kappa shape index (κ1) is 17.8. The number of methoxy groups -OCH3 is 2. The van der Waals surface area contributed by atoms with Crippen molar-refractivity contribution in [3.8, 4) is 11.5 Å². The summed E-state index contributed by atoms with van der Waals surface area (Å²) in [6, 6.07) is 5.49. The first-order valence-electron chi connectivity index (χ1n) is 7.12. The Hall–Kier alpha value is -2.24. The maximum Gasteiger partial charge on any atom is 0.306 e. The van der Waals surface area contributed by atoms with Crippen LogP contribution in [0.4, 0.5) is 0 Å². The molecule has 1 N–H and O–H groups in total. The van der Waals surface area contributed by atoms with Crippen LogP contribution in [0.5, 0.6) is 11.5 Å². The van der Waals surface area contributed by atoms with Crippen molar-refractivity contribution >= 4 is 11.9 Å². The third-order valence-corrected chi connectivity index (χ3v) is 2.88. The average Bonchev–Trinajstić information content (AvgIpc) is 2.49. The van der Waals surface area contributed by atoms with Gasteiger partial charge in [-0.1, -0.05) is 6.07 Å². The Morgan fingerprint density at radius 3 is 2.41 bits per heavy atom. The fraction of sp³-hybridized carbons (Fsp3) is 0.500. The van der Waals surface area contributed by atoms with Gasteiger partial charge in [0.1, 0.15) is 0 Å². The predicted molar refractivity (Wildman–Crippen MR) is 82.1 cm³/mol. The molecule has 0 aromatic heterocycles. The van der Waals surface area contributed by atoms with E-state index in [9.17, 15) is 9.59 Å². The standard InChI is InChI=1S/C16H23NO5/c1-11(2)17-15(18)10-22-16(19)8-6-12-5-7-13(20-3)14(9-12)21-4/h5,7,9,11H,6,8,10H2,1-4H3,(H,17,18). The highest BCUT2D eigenvalue weighted by atomic mass is 16.5. The number of carbonyl (C=O) groups is 2. The minimum Gasteiger partial charge on any atom is -0.493 e. The van der Waals surface area contributed by atoms with Crippen LogP contribution in [0, 0.1) is 0 Å². The van der Waals surface area contributed by atoms with E-state index in [1.165, 1.54) is 0 Å². The summed E-state index contributed by atoms with van der Waals surface area (Å²) in [5.41, 5.74) is 0.932. The number of amides is 1. The summed E-state index contributed by atoms with van der Waals surface area (Å²) < 4.78 is 15.3. The largest absolute Gasteiger partial charge is 0.493 e. The van der Waals surface area contributed by atoms with Gasteiger partial charge >= 0.3 is 5.97 Å². The van der Waals surface area contributed by atoms with Crippen LogP contribution >= 0.6 is 0 Å². The lowest BCUT2D eigenvalue weighted by molar-refractivity contribution is -0.148. The molecular formula is C16H23NO5. The maximum absolute atomic E-state index is 11.6. The number of esters is 1. The quantitative estimate of drug-likeness (QED) is 0.740. The van der Waals surface area contributed by atoms with Crippen molar-refractivity contribution < 1.29 is 23.8 Å². The zero-order chi connectivity index (χ0) is 16.5. The van der Waals surface area contributed by atoms with Crippen molar-refractivity contribution in [1.29, 1.82) is 0 Å². The molecule has 0 aliphatic rings. The lowest BCUT2D eigenvalue weighted by Crippen LogP contribution is -2.34. The summed E-state index contributed by atoms with van der Waals surface area (Å²) in [5.74, 6) is 0.548. The van der Waals surface area contributed by atoms with E-state index in [4.69, 9.17) is 14.2 Å². The number of ether oxygens (including phenoxy) is 3. The molecule has 0 radical (unpaired) electrons. The molecule has 6 heteroatoms. The van der Waals surface area contributed by atoms with E-state index in [1.807, 2.05) is 26.0 Å². The van der Waals surface area contributed by atoms with Crippen LogP contribution in [-0.4, -0.2) is 38.7 Å². The number of rotatable bonds is 8. The van der Waals surface area contributed by atoms with Crippen molar-refractivity contribution in [1.82, 2.24) is 5.32 Å². The van der Waals surface area contributed by atoms with Crippen molar-refractivity contribution in [3.05, 3.63) is 23.8 Å². The van der Waals surface area contributed by atoms with Crippen LogP contribution in [0.15, 0.2) is 18.2 Å². The van der Waals surface area contributed by atoms with E-state index in [0.29, 0.717) is 17.9 Å². The van der Waals surface area contributed by atoms with Gasteiger partial charge in [-0.25, -0.2) is 0 Å². The molecule has 0 aliphatic carbocycles. The normalized spacial score (nSPS) is 10.2. The second-order valence-electron chi connectivity index (χ2n) is 5.07. The maximum atomic E-state index is 11.6. The molecule has 0 bridgehead atoms. The molecule has 1 aromatic rings. The van der Waals surface area contributed by atoms with E-state index in [0.717, 1.165) is 5.56 Å². The molecule has 122 valence electrons. The summed E-state index contributed by atoms with van der Waals surface area (Å²) in [5, 5.41) is 2.65. The molecule has 6 nitrogen and oxygen atoms in total. The van der Waals surface area contributed by atoms with E-state index < -0.39 is 5.97 Å². The fourth-order valence-corrected chi connectivity index (χ4v) is 1.86. The summed E-state index contributed by atoms with van der Waals surface area (Å²) >= 11 is 0. The molecule has 0 atom stereocenters. The second kappa shape index (κ2) is 8.92. The zero-order valence-corrected chi connectivity index (χ0v) is 13.5. The molecule has 0 aliphatic heterocycles. The van der Waals surface area contributed by atoms with Gasteiger partial charge in [0.25, 0.3) is 5.91 Å². The van der Waals surface area contributed by atoms with Gasteiger partial charge in [-0.05, 0) is 38.0 Å². The van der Waals surface area contributed by atoms with Gasteiger partial charge in [-0.15, -0.1) is 0 Å². The topological polar surface area (TPSA) is 73.9 Å². The number of carbonyl (C=O) groups excluding carboxylic acids is 2. The predicted octanol–water partition coefficient (Wildman–Crippen LogP) is 1.70. The number of nitrogens with one attached hydrogen (secondary N) is 1. The Morgan fingerprint density at radius 1 is 1.14 bits per heavy atom. The Balaban J connectivity index is 2.42. The van der Waals surface area contributed by atoms with Gasteiger partial charge < -0.3 is 19.5 Å². The first-order valence-corrected chi connectivity index (χ1v) is 7.12. The third-order valence-electron chi connectivity index (χ3n) is 2.88. The molecule has 0 unspecified atom stereocenters. The van der Waals surface area contributed by atoms with Gasteiger partial charge in [-0.3, -0.25) is 9.59 Å². The van der Waals surface area contributed by atoms with Gasteiger partial charge in [-0.2, -0.15) is 0 Å². The van der Waals surface area contributed by atoms with Crippen LogP contribution in [0.2, 0.25) is 0 Å². The molecule has 0 saturated carbocycles. The molecule has 1 aromatic carbocycles. The Labute approximate surface area is 130 Å². The number of hydrogen-bond donors (Lipinski definition) is 1. The number of aryl methyl sites for hydroxylation is 1. The highest BCUT2D eigenvalue weighted by molar-refractivity contribution is 5.80. The Morgan fingerprint density at radius 2 is 1.82 bits per heavy atom. The molecule has 22 heavy (non-hydrogen) atoms. The lowest BCUT2D eigenvalue weighted by Gasteiger charge is -2.10. The zero-order valence-electron chi connectivity index (χ0n) is 13.5. The van der Waals surface area contributed by atoms with E-state index in [2.05, 4.69) is 5.32 Å². The van der Waals surface area contributed by atoms with Gasteiger partial charge in [0.05, 0.1) is 14.2 Å². The SMILES string of the molecule is COc1ccc(CCC(=O)OCC(=O)NC(C)C)cc1OC. The van der Waals surface area contributed by atoms with Crippen LogP contribution in [0.1, 0.15) is 25.8 Å². The van der Waals surface area contributed by atoms with Crippen molar-refractivity contribution in [2.75, 3.05) is 20.8 Å². The van der Waals surface area contributed by atoms with Gasteiger partial charge in [0.15, 0.2) is 18.1 Å². The Bertz CT molecular complexity index is 513. The molecule has 1 rings (SSSR count). The molecule has 0 heterocycles. The number of benzene rings is 1. The smallest absolute Gasteiger partial charge is 0.306 e.